The Kier molecular flexibility index (Phi) is 4.55. The Bertz CT molecular complexity index is 374. The highest BCUT2D eigenvalue weighted by molar-refractivity contribution is 6.43. The van der Waals surface area contributed by atoms with Gasteiger partial charge in [0, 0.05) is 13.1 Å². The van der Waals surface area contributed by atoms with E-state index in [-0.39, 0.29) is 0 Å². The minimum absolute atomic E-state index is 0.633. The largest absolute Gasteiger partial charge is 0.370 e. The number of piperidine rings is 1. The molecule has 1 fully saturated rings. The van der Waals surface area contributed by atoms with E-state index >= 15 is 0 Å². The minimum atomic E-state index is 0.633. The summed E-state index contributed by atoms with van der Waals surface area (Å²) < 4.78 is 0. The topological polar surface area (TPSA) is 29.3 Å². The fourth-order valence-corrected chi connectivity index (χ4v) is 2.85. The predicted molar refractivity (Wildman–Crippen MR) is 75.1 cm³/mol. The number of benzene rings is 1. The fraction of sp³-hybridized carbons (Fsp3) is 0.538. The van der Waals surface area contributed by atoms with Crippen LogP contribution in [-0.2, 0) is 0 Å². The van der Waals surface area contributed by atoms with Gasteiger partial charge in [-0.1, -0.05) is 29.3 Å². The summed E-state index contributed by atoms with van der Waals surface area (Å²) in [7, 11) is 0. The molecule has 0 bridgehead atoms. The molecule has 1 heterocycles. The van der Waals surface area contributed by atoms with Crippen LogP contribution in [0.4, 0.5) is 5.69 Å². The molecule has 2 rings (SSSR count). The van der Waals surface area contributed by atoms with Crippen molar-refractivity contribution in [3.8, 4) is 0 Å². The van der Waals surface area contributed by atoms with E-state index in [4.69, 9.17) is 28.9 Å². The van der Waals surface area contributed by atoms with Crippen molar-refractivity contribution in [3.63, 3.8) is 0 Å². The summed E-state index contributed by atoms with van der Waals surface area (Å²) in [5.74, 6) is 0.772. The summed E-state index contributed by atoms with van der Waals surface area (Å²) in [4.78, 5) is 2.32. The Hall–Kier alpha value is -0.440. The molecule has 4 heteroatoms. The lowest BCUT2D eigenvalue weighted by Gasteiger charge is -2.34. The Balaban J connectivity index is 2.03. The van der Waals surface area contributed by atoms with E-state index in [1.807, 2.05) is 18.2 Å². The van der Waals surface area contributed by atoms with Gasteiger partial charge >= 0.3 is 0 Å². The lowest BCUT2D eigenvalue weighted by Crippen LogP contribution is -2.34. The molecule has 1 saturated heterocycles. The molecule has 2 nitrogen and oxygen atoms in total. The fourth-order valence-electron chi connectivity index (χ4n) is 2.43. The van der Waals surface area contributed by atoms with Gasteiger partial charge in [0.15, 0.2) is 0 Å². The van der Waals surface area contributed by atoms with Crippen molar-refractivity contribution in [2.75, 3.05) is 24.5 Å². The summed E-state index contributed by atoms with van der Waals surface area (Å²) in [5, 5.41) is 1.31. The van der Waals surface area contributed by atoms with Gasteiger partial charge in [-0.05, 0) is 43.9 Å². The second kappa shape index (κ2) is 5.94. The smallest absolute Gasteiger partial charge is 0.0825 e. The number of anilines is 1. The molecule has 2 N–H and O–H groups in total. The van der Waals surface area contributed by atoms with Crippen molar-refractivity contribution in [1.82, 2.24) is 0 Å². The monoisotopic (exact) mass is 272 g/mol. The van der Waals surface area contributed by atoms with Crippen LogP contribution >= 0.6 is 23.2 Å². The van der Waals surface area contributed by atoms with E-state index < -0.39 is 0 Å². The third-order valence-electron chi connectivity index (χ3n) is 3.46. The van der Waals surface area contributed by atoms with Crippen molar-refractivity contribution < 1.29 is 0 Å². The molecular weight excluding hydrogens is 255 g/mol. The molecular formula is C13H18Cl2N2. The predicted octanol–water partition coefficient (Wildman–Crippen LogP) is 3.56. The van der Waals surface area contributed by atoms with Gasteiger partial charge in [-0.15, -0.1) is 0 Å². The van der Waals surface area contributed by atoms with Crippen LogP contribution in [0.3, 0.4) is 0 Å². The van der Waals surface area contributed by atoms with Gasteiger partial charge < -0.3 is 10.6 Å². The number of hydrogen-bond donors (Lipinski definition) is 1. The highest BCUT2D eigenvalue weighted by Crippen LogP contribution is 2.34. The number of nitrogens with zero attached hydrogens (tertiary/aromatic N) is 1. The third-order valence-corrected chi connectivity index (χ3v) is 4.27. The SMILES string of the molecule is NCCC1CCN(c2cccc(Cl)c2Cl)CC1. The maximum atomic E-state index is 6.23. The average molecular weight is 273 g/mol. The van der Waals surface area contributed by atoms with Crippen LogP contribution in [0.15, 0.2) is 18.2 Å². The highest BCUT2D eigenvalue weighted by Gasteiger charge is 2.20. The Labute approximate surface area is 113 Å². The summed E-state index contributed by atoms with van der Waals surface area (Å²) in [6, 6.07) is 5.82. The lowest BCUT2D eigenvalue weighted by atomic mass is 9.93. The number of halogens is 2. The zero-order valence-corrected chi connectivity index (χ0v) is 11.3. The average Bonchev–Trinajstić information content (AvgIpc) is 2.34. The zero-order valence-electron chi connectivity index (χ0n) is 9.83. The van der Waals surface area contributed by atoms with Gasteiger partial charge in [-0.2, -0.15) is 0 Å². The third kappa shape index (κ3) is 3.06. The van der Waals surface area contributed by atoms with E-state index in [0.29, 0.717) is 10.0 Å². The summed E-state index contributed by atoms with van der Waals surface area (Å²) in [5.41, 5.74) is 6.66. The number of nitrogens with two attached hydrogens (primary N) is 1. The highest BCUT2D eigenvalue weighted by atomic mass is 35.5. The molecule has 1 aliphatic rings. The molecule has 1 aromatic rings. The summed E-state index contributed by atoms with van der Waals surface area (Å²) in [6.45, 7) is 2.89. The molecule has 0 unspecified atom stereocenters. The molecule has 0 amide bonds. The van der Waals surface area contributed by atoms with Crippen molar-refractivity contribution in [1.29, 1.82) is 0 Å². The first kappa shape index (κ1) is 13.0. The molecule has 0 spiro atoms. The number of rotatable bonds is 3. The van der Waals surface area contributed by atoms with Crippen LogP contribution in [-0.4, -0.2) is 19.6 Å². The van der Waals surface area contributed by atoms with Gasteiger partial charge in [0.25, 0.3) is 0 Å². The Morgan fingerprint density at radius 1 is 1.24 bits per heavy atom. The van der Waals surface area contributed by atoms with E-state index in [9.17, 15) is 0 Å². The Morgan fingerprint density at radius 2 is 1.94 bits per heavy atom. The van der Waals surface area contributed by atoms with Gasteiger partial charge in [0.05, 0.1) is 15.7 Å². The first-order valence-electron chi connectivity index (χ1n) is 6.11. The van der Waals surface area contributed by atoms with Crippen molar-refractivity contribution in [2.24, 2.45) is 11.7 Å². The van der Waals surface area contributed by atoms with Crippen LogP contribution in [0.2, 0.25) is 10.0 Å². The van der Waals surface area contributed by atoms with E-state index in [0.717, 1.165) is 37.7 Å². The molecule has 0 radical (unpaired) electrons. The van der Waals surface area contributed by atoms with E-state index in [1.54, 1.807) is 0 Å². The van der Waals surface area contributed by atoms with Gasteiger partial charge in [-0.25, -0.2) is 0 Å². The molecule has 0 atom stereocenters. The van der Waals surface area contributed by atoms with Gasteiger partial charge in [0.1, 0.15) is 0 Å². The summed E-state index contributed by atoms with van der Waals surface area (Å²) >= 11 is 12.3. The van der Waals surface area contributed by atoms with E-state index in [1.165, 1.54) is 12.8 Å². The van der Waals surface area contributed by atoms with Crippen LogP contribution in [0.1, 0.15) is 19.3 Å². The first-order chi connectivity index (χ1) is 8.22. The molecule has 0 saturated carbocycles. The standard InChI is InChI=1S/C13H18Cl2N2/c14-11-2-1-3-12(13(11)15)17-8-5-10(4-7-16)6-9-17/h1-3,10H,4-9,16H2. The van der Waals surface area contributed by atoms with Crippen molar-refractivity contribution >= 4 is 28.9 Å². The maximum absolute atomic E-state index is 6.23. The second-order valence-corrected chi connectivity index (χ2v) is 5.37. The maximum Gasteiger partial charge on any atom is 0.0825 e. The molecule has 94 valence electrons. The van der Waals surface area contributed by atoms with Gasteiger partial charge in [0.2, 0.25) is 0 Å². The normalized spacial score (nSPS) is 17.5. The molecule has 17 heavy (non-hydrogen) atoms. The van der Waals surface area contributed by atoms with E-state index in [2.05, 4.69) is 4.90 Å². The first-order valence-corrected chi connectivity index (χ1v) is 6.87. The minimum Gasteiger partial charge on any atom is -0.370 e. The molecule has 1 aliphatic heterocycles. The summed E-state index contributed by atoms with van der Waals surface area (Å²) in [6.07, 6.45) is 3.53. The van der Waals surface area contributed by atoms with Crippen LogP contribution in [0.5, 0.6) is 0 Å². The van der Waals surface area contributed by atoms with Crippen molar-refractivity contribution in [3.05, 3.63) is 28.2 Å². The quantitative estimate of drug-likeness (QED) is 0.912. The van der Waals surface area contributed by atoms with Crippen LogP contribution < -0.4 is 10.6 Å². The van der Waals surface area contributed by atoms with Crippen LogP contribution in [0, 0.1) is 5.92 Å². The van der Waals surface area contributed by atoms with Gasteiger partial charge in [-0.3, -0.25) is 0 Å². The Morgan fingerprint density at radius 3 is 2.59 bits per heavy atom. The van der Waals surface area contributed by atoms with Crippen molar-refractivity contribution in [2.45, 2.75) is 19.3 Å². The zero-order chi connectivity index (χ0) is 12.3. The second-order valence-electron chi connectivity index (χ2n) is 4.58. The molecule has 0 aromatic heterocycles. The molecule has 1 aromatic carbocycles. The number of hydrogen-bond acceptors (Lipinski definition) is 2. The molecule has 0 aliphatic carbocycles. The van der Waals surface area contributed by atoms with Crippen LogP contribution in [0.25, 0.3) is 0 Å². The lowest BCUT2D eigenvalue weighted by molar-refractivity contribution is 0.386.